The smallest absolute Gasteiger partial charge is 0.216 e. The molecule has 0 saturated heterocycles. The maximum atomic E-state index is 6.36. The zero-order valence-electron chi connectivity index (χ0n) is 34.9. The zero-order valence-corrected chi connectivity index (χ0v) is 39.4. The summed E-state index contributed by atoms with van der Waals surface area (Å²) >= 11 is -1.86. The first-order valence-electron chi connectivity index (χ1n) is 19.9. The Kier molecular flexibility index (Phi) is 11.7. The van der Waals surface area contributed by atoms with Crippen molar-refractivity contribution in [1.82, 2.24) is 19.5 Å². The number of pyridine rings is 2. The van der Waals surface area contributed by atoms with Crippen molar-refractivity contribution in [3.63, 3.8) is 0 Å². The van der Waals surface area contributed by atoms with Gasteiger partial charge in [-0.25, -0.2) is 4.98 Å². The molecule has 1 radical (unpaired) electrons. The molecule has 0 atom stereocenters. The van der Waals surface area contributed by atoms with Gasteiger partial charge < -0.3 is 8.98 Å². The van der Waals surface area contributed by atoms with Crippen LogP contribution in [0.3, 0.4) is 0 Å². The molecule has 5 nitrogen and oxygen atoms in total. The van der Waals surface area contributed by atoms with Gasteiger partial charge in [-0.1, -0.05) is 74.2 Å². The molecule has 0 bridgehead atoms. The van der Waals surface area contributed by atoms with Crippen LogP contribution in [0.4, 0.5) is 0 Å². The van der Waals surface area contributed by atoms with E-state index in [1.165, 1.54) is 16.5 Å². The van der Waals surface area contributed by atoms with Crippen molar-refractivity contribution in [3.05, 3.63) is 150 Å². The monoisotopic (exact) mass is 1000 g/mol. The standard InChI is InChI=1S/C33H26N3O.C18H24GeN.Ir/c1-20-12-18-26-25-10-7-11-27(30(25)37-32(26)34-20)31-35-29-24-9-6-5-8-21(24)13-19-28(29)36(31)23-16-14-22(15-17-23)33(2,3)4;1-14(2)11-16-12-18(15-9-7-6-8-10-15)20-13-17(16)19(3,4)5;/h5-10,12-19H,1-4H3;6-9,12-14H,11H2,1-5H3;/q2*-1;. The number of imidazole rings is 1. The quantitative estimate of drug-likeness (QED) is 0.123. The van der Waals surface area contributed by atoms with E-state index in [1.54, 1.807) is 4.40 Å². The Hall–Kier alpha value is -4.88. The molecule has 4 aromatic heterocycles. The number of aromatic nitrogens is 4. The summed E-state index contributed by atoms with van der Waals surface area (Å²) in [5, 5.41) is 4.31. The second kappa shape index (κ2) is 16.4. The van der Waals surface area contributed by atoms with Crippen LogP contribution in [0.5, 0.6) is 0 Å². The Labute approximate surface area is 358 Å². The minimum absolute atomic E-state index is 0. The van der Waals surface area contributed by atoms with E-state index in [0.29, 0.717) is 11.6 Å². The Bertz CT molecular complexity index is 2880. The average Bonchev–Trinajstić information content (AvgIpc) is 3.76. The van der Waals surface area contributed by atoms with Gasteiger partial charge in [-0.2, -0.15) is 0 Å². The van der Waals surface area contributed by atoms with Gasteiger partial charge in [0.2, 0.25) is 5.71 Å². The molecule has 9 aromatic rings. The molecule has 0 saturated carbocycles. The SMILES string of the molecule is CC(C)Cc1cc(-c2[c-]cccc2)nc[c]1[Ge]([CH3])([CH3])[CH3].Cc1ccc2c(n1)oc1c(-c3nc4c5ccccc5ccc4n3-c3ccc(C(C)(C)C)cc3)[c-]ccc12.[Ir]. The number of hydrogen-bond acceptors (Lipinski definition) is 4. The van der Waals surface area contributed by atoms with Crippen molar-refractivity contribution in [2.45, 2.75) is 70.6 Å². The Morgan fingerprint density at radius 3 is 2.24 bits per heavy atom. The third-order valence-corrected chi connectivity index (χ3v) is 14.9. The summed E-state index contributed by atoms with van der Waals surface area (Å²) in [5.74, 6) is 8.80. The van der Waals surface area contributed by atoms with Crippen molar-refractivity contribution in [3.8, 4) is 28.3 Å². The summed E-state index contributed by atoms with van der Waals surface area (Å²) in [6, 6.07) is 46.7. The molecule has 4 heterocycles. The third-order valence-electron chi connectivity index (χ3n) is 10.6. The molecule has 0 aliphatic rings. The second-order valence-electron chi connectivity index (χ2n) is 17.6. The van der Waals surface area contributed by atoms with Gasteiger partial charge in [0.05, 0.1) is 22.4 Å². The van der Waals surface area contributed by atoms with Gasteiger partial charge in [-0.3, -0.25) is 4.98 Å². The molecule has 7 heteroatoms. The zero-order chi connectivity index (χ0) is 40.1. The van der Waals surface area contributed by atoms with Gasteiger partial charge in [0.1, 0.15) is 0 Å². The molecule has 0 amide bonds. The topological polar surface area (TPSA) is 56.7 Å². The summed E-state index contributed by atoms with van der Waals surface area (Å²) in [7, 11) is 0. The fraction of sp³-hybridized carbons (Fsp3) is 0.235. The number of rotatable bonds is 6. The maximum Gasteiger partial charge on any atom is 0.216 e. The van der Waals surface area contributed by atoms with Gasteiger partial charge in [0, 0.05) is 42.3 Å². The van der Waals surface area contributed by atoms with Crippen molar-refractivity contribution in [1.29, 1.82) is 0 Å². The summed E-state index contributed by atoms with van der Waals surface area (Å²) < 4.78 is 10.1. The van der Waals surface area contributed by atoms with E-state index in [2.05, 4.69) is 159 Å². The number of fused-ring (bicyclic) bond motifs is 6. The van der Waals surface area contributed by atoms with Crippen LogP contribution in [0.25, 0.3) is 72.2 Å². The van der Waals surface area contributed by atoms with Crippen LogP contribution in [0, 0.1) is 25.0 Å². The Morgan fingerprint density at radius 1 is 0.776 bits per heavy atom. The first-order chi connectivity index (χ1) is 27.3. The van der Waals surface area contributed by atoms with E-state index < -0.39 is 13.3 Å². The summed E-state index contributed by atoms with van der Waals surface area (Å²) in [6.07, 6.45) is 3.27. The first-order valence-corrected chi connectivity index (χ1v) is 27.3. The van der Waals surface area contributed by atoms with Crippen LogP contribution in [0.15, 0.2) is 126 Å². The molecule has 9 rings (SSSR count). The third kappa shape index (κ3) is 8.20. The minimum Gasteiger partial charge on any atom is -0.486 e. The molecule has 295 valence electrons. The van der Waals surface area contributed by atoms with Crippen molar-refractivity contribution >= 4 is 61.5 Å². The van der Waals surface area contributed by atoms with E-state index in [4.69, 9.17) is 14.4 Å². The van der Waals surface area contributed by atoms with E-state index in [-0.39, 0.29) is 25.5 Å². The second-order valence-corrected chi connectivity index (χ2v) is 28.1. The predicted octanol–water partition coefficient (Wildman–Crippen LogP) is 12.8. The van der Waals surface area contributed by atoms with Crippen LogP contribution in [-0.4, -0.2) is 32.8 Å². The molecule has 0 N–H and O–H groups in total. The average molecular weight is 1000 g/mol. The van der Waals surface area contributed by atoms with E-state index >= 15 is 0 Å². The van der Waals surface area contributed by atoms with E-state index in [9.17, 15) is 0 Å². The Balaban J connectivity index is 0.000000208. The van der Waals surface area contributed by atoms with Gasteiger partial charge in [0.15, 0.2) is 0 Å². The summed E-state index contributed by atoms with van der Waals surface area (Å²) in [4.78, 5) is 14.6. The molecular weight excluding hydrogens is 949 g/mol. The van der Waals surface area contributed by atoms with Gasteiger partial charge in [-0.15, -0.1) is 18.2 Å². The number of furan rings is 1. The first kappa shape index (κ1) is 41.3. The predicted molar refractivity (Wildman–Crippen MR) is 241 cm³/mol. The molecule has 0 spiro atoms. The van der Waals surface area contributed by atoms with Crippen LogP contribution < -0.4 is 4.40 Å². The van der Waals surface area contributed by atoms with Gasteiger partial charge in [-0.05, 0) is 53.6 Å². The Morgan fingerprint density at radius 2 is 1.53 bits per heavy atom. The van der Waals surface area contributed by atoms with Crippen LogP contribution in [-0.2, 0) is 31.9 Å². The summed E-state index contributed by atoms with van der Waals surface area (Å²) in [5.41, 5.74) is 11.2. The van der Waals surface area contributed by atoms with Crippen LogP contribution >= 0.6 is 0 Å². The molecule has 0 aliphatic heterocycles. The largest absolute Gasteiger partial charge is 0.486 e. The number of aryl methyl sites for hydroxylation is 1. The van der Waals surface area contributed by atoms with Gasteiger partial charge >= 0.3 is 126 Å². The van der Waals surface area contributed by atoms with Crippen LogP contribution in [0.1, 0.15) is 51.4 Å². The van der Waals surface area contributed by atoms with E-state index in [0.717, 1.165) is 73.2 Å². The van der Waals surface area contributed by atoms with Crippen molar-refractivity contribution < 1.29 is 24.5 Å². The van der Waals surface area contributed by atoms with Crippen molar-refractivity contribution in [2.75, 3.05) is 0 Å². The number of nitrogens with zero attached hydrogens (tertiary/aromatic N) is 4. The number of hydrogen-bond donors (Lipinski definition) is 0. The fourth-order valence-electron chi connectivity index (χ4n) is 7.71. The fourth-order valence-corrected chi connectivity index (χ4v) is 11.0. The van der Waals surface area contributed by atoms with E-state index in [1.807, 2.05) is 43.3 Å². The number of benzene rings is 5. The molecule has 0 unspecified atom stereocenters. The van der Waals surface area contributed by atoms with Crippen LogP contribution in [0.2, 0.25) is 17.3 Å². The van der Waals surface area contributed by atoms with Crippen molar-refractivity contribution in [2.24, 2.45) is 5.92 Å². The normalized spacial score (nSPS) is 12.0. The molecule has 5 aromatic carbocycles. The summed E-state index contributed by atoms with van der Waals surface area (Å²) in [6.45, 7) is 13.3. The molecule has 0 fully saturated rings. The minimum atomic E-state index is -1.86. The molecular formula is C51H50GeIrN4O-2. The molecule has 0 aliphatic carbocycles. The maximum absolute atomic E-state index is 6.36. The molecule has 58 heavy (non-hydrogen) atoms. The van der Waals surface area contributed by atoms with Gasteiger partial charge in [0.25, 0.3) is 0 Å².